The Bertz CT molecular complexity index is 970. The number of carbonyl (C=O) groups excluding carboxylic acids is 1. The lowest BCUT2D eigenvalue weighted by Crippen LogP contribution is -2.31. The zero-order chi connectivity index (χ0) is 21.6. The summed E-state index contributed by atoms with van der Waals surface area (Å²) in [6, 6.07) is 12.1. The summed E-state index contributed by atoms with van der Waals surface area (Å²) in [4.78, 5) is 23.1. The van der Waals surface area contributed by atoms with E-state index in [1.807, 2.05) is 0 Å². The van der Waals surface area contributed by atoms with Crippen molar-refractivity contribution >= 4 is 21.6 Å². The van der Waals surface area contributed by atoms with Crippen molar-refractivity contribution in [2.45, 2.75) is 38.1 Å². The third-order valence-corrected chi connectivity index (χ3v) is 6.70. The van der Waals surface area contributed by atoms with Crippen LogP contribution >= 0.6 is 0 Å². The molecular formula is C20H25N3O5S. The molecule has 0 heterocycles. The number of nitrogens with zero attached hydrogens (tertiary/aromatic N) is 2. The quantitative estimate of drug-likeness (QED) is 0.496. The number of nitrogens with one attached hydrogen (secondary N) is 1. The van der Waals surface area contributed by atoms with Crippen LogP contribution in [0.5, 0.6) is 0 Å². The molecule has 2 aromatic carbocycles. The zero-order valence-corrected chi connectivity index (χ0v) is 17.5. The van der Waals surface area contributed by atoms with Gasteiger partial charge in [0, 0.05) is 24.7 Å². The second-order valence-electron chi connectivity index (χ2n) is 6.51. The average Bonchev–Trinajstić information content (AvgIpc) is 2.69. The predicted molar refractivity (Wildman–Crippen MR) is 110 cm³/mol. The molecule has 1 N–H and O–H groups in total. The number of hydrogen-bond donors (Lipinski definition) is 1. The van der Waals surface area contributed by atoms with Crippen LogP contribution in [-0.2, 0) is 21.2 Å². The van der Waals surface area contributed by atoms with Crippen molar-refractivity contribution in [1.82, 2.24) is 9.62 Å². The van der Waals surface area contributed by atoms with Crippen LogP contribution in [0, 0.1) is 10.1 Å². The van der Waals surface area contributed by atoms with Gasteiger partial charge in [0.1, 0.15) is 0 Å². The van der Waals surface area contributed by atoms with Crippen molar-refractivity contribution in [2.24, 2.45) is 0 Å². The topological polar surface area (TPSA) is 110 Å². The molecule has 0 spiro atoms. The minimum Gasteiger partial charge on any atom is -0.349 e. The van der Waals surface area contributed by atoms with Gasteiger partial charge in [-0.3, -0.25) is 14.9 Å². The number of amides is 1. The van der Waals surface area contributed by atoms with E-state index in [4.69, 9.17) is 0 Å². The number of nitro groups is 1. The molecule has 1 unspecified atom stereocenters. The number of hydrogen-bond acceptors (Lipinski definition) is 5. The minimum atomic E-state index is -3.54. The van der Waals surface area contributed by atoms with Gasteiger partial charge in [-0.05, 0) is 24.6 Å². The van der Waals surface area contributed by atoms with Crippen LogP contribution in [0.2, 0.25) is 0 Å². The van der Waals surface area contributed by atoms with Crippen LogP contribution in [0.25, 0.3) is 0 Å². The van der Waals surface area contributed by atoms with Gasteiger partial charge in [0.05, 0.1) is 22.3 Å². The number of para-hydroxylation sites is 1. The van der Waals surface area contributed by atoms with E-state index in [9.17, 15) is 23.3 Å². The van der Waals surface area contributed by atoms with Gasteiger partial charge in [0.2, 0.25) is 15.9 Å². The van der Waals surface area contributed by atoms with Crippen molar-refractivity contribution < 1.29 is 18.1 Å². The highest BCUT2D eigenvalue weighted by Gasteiger charge is 2.22. The zero-order valence-electron chi connectivity index (χ0n) is 16.7. The molecule has 0 aromatic heterocycles. The largest absolute Gasteiger partial charge is 0.349 e. The summed E-state index contributed by atoms with van der Waals surface area (Å²) in [5.74, 6) is -0.355. The van der Waals surface area contributed by atoms with Crippen LogP contribution in [0.1, 0.15) is 37.9 Å². The molecule has 0 saturated carbocycles. The van der Waals surface area contributed by atoms with Gasteiger partial charge in [-0.2, -0.15) is 4.31 Å². The Balaban J connectivity index is 2.09. The first-order valence-corrected chi connectivity index (χ1v) is 10.8. The maximum absolute atomic E-state index is 12.5. The molecule has 1 amide bonds. The van der Waals surface area contributed by atoms with E-state index in [0.29, 0.717) is 18.7 Å². The predicted octanol–water partition coefficient (Wildman–Crippen LogP) is 3.05. The third kappa shape index (κ3) is 5.39. The minimum absolute atomic E-state index is 0.0961. The Hall–Kier alpha value is -2.78. The summed E-state index contributed by atoms with van der Waals surface area (Å²) in [5, 5.41) is 13.9. The number of benzene rings is 2. The fourth-order valence-corrected chi connectivity index (χ4v) is 4.49. The lowest BCUT2D eigenvalue weighted by molar-refractivity contribution is -0.385. The highest BCUT2D eigenvalue weighted by molar-refractivity contribution is 7.89. The summed E-state index contributed by atoms with van der Waals surface area (Å²) in [6.07, 6.45) is -0.115. The van der Waals surface area contributed by atoms with Crippen LogP contribution in [0.4, 0.5) is 5.69 Å². The second-order valence-corrected chi connectivity index (χ2v) is 8.45. The molecular weight excluding hydrogens is 394 g/mol. The first-order chi connectivity index (χ1) is 13.7. The summed E-state index contributed by atoms with van der Waals surface area (Å²) < 4.78 is 26.5. The number of carbonyl (C=O) groups is 1. The van der Waals surface area contributed by atoms with E-state index in [-0.39, 0.29) is 29.0 Å². The Labute approximate surface area is 170 Å². The van der Waals surface area contributed by atoms with E-state index < -0.39 is 14.9 Å². The fourth-order valence-electron chi connectivity index (χ4n) is 3.03. The molecule has 0 aliphatic rings. The van der Waals surface area contributed by atoms with Crippen LogP contribution in [0.15, 0.2) is 53.4 Å². The van der Waals surface area contributed by atoms with E-state index in [1.54, 1.807) is 51.1 Å². The van der Waals surface area contributed by atoms with Crippen molar-refractivity contribution in [2.75, 3.05) is 13.1 Å². The SMILES string of the molecule is CCN(CC)S(=O)(=O)c1ccc(C(C)NC(=O)Cc2ccccc2[N+](=O)[O-])cc1. The fraction of sp³-hybridized carbons (Fsp3) is 0.350. The lowest BCUT2D eigenvalue weighted by Gasteiger charge is -2.19. The average molecular weight is 420 g/mol. The molecule has 1 atom stereocenters. The third-order valence-electron chi connectivity index (χ3n) is 4.64. The molecule has 2 aromatic rings. The van der Waals surface area contributed by atoms with Crippen molar-refractivity contribution in [3.63, 3.8) is 0 Å². The summed E-state index contributed by atoms with van der Waals surface area (Å²) >= 11 is 0. The van der Waals surface area contributed by atoms with E-state index in [0.717, 1.165) is 5.56 Å². The molecule has 0 fully saturated rings. The Morgan fingerprint density at radius 2 is 1.69 bits per heavy atom. The molecule has 156 valence electrons. The molecule has 0 radical (unpaired) electrons. The summed E-state index contributed by atoms with van der Waals surface area (Å²) in [5.41, 5.74) is 0.975. The van der Waals surface area contributed by atoms with Gasteiger partial charge >= 0.3 is 0 Å². The van der Waals surface area contributed by atoms with E-state index in [2.05, 4.69) is 5.32 Å². The molecule has 0 bridgehead atoms. The summed E-state index contributed by atoms with van der Waals surface area (Å²) in [7, 11) is -3.54. The molecule has 2 rings (SSSR count). The highest BCUT2D eigenvalue weighted by atomic mass is 32.2. The Kier molecular flexibility index (Phi) is 7.46. The molecule has 0 aliphatic heterocycles. The van der Waals surface area contributed by atoms with Gasteiger partial charge in [-0.1, -0.05) is 44.2 Å². The highest BCUT2D eigenvalue weighted by Crippen LogP contribution is 2.21. The Morgan fingerprint density at radius 1 is 1.10 bits per heavy atom. The number of rotatable bonds is 9. The first kappa shape index (κ1) is 22.5. The van der Waals surface area contributed by atoms with Crippen LogP contribution in [0.3, 0.4) is 0 Å². The van der Waals surface area contributed by atoms with Gasteiger partial charge in [-0.25, -0.2) is 8.42 Å². The Morgan fingerprint density at radius 3 is 2.24 bits per heavy atom. The second kappa shape index (κ2) is 9.62. The molecule has 29 heavy (non-hydrogen) atoms. The normalized spacial score (nSPS) is 12.6. The van der Waals surface area contributed by atoms with Gasteiger partial charge in [-0.15, -0.1) is 0 Å². The first-order valence-electron chi connectivity index (χ1n) is 9.32. The van der Waals surface area contributed by atoms with E-state index in [1.165, 1.54) is 22.5 Å². The molecule has 0 aliphatic carbocycles. The summed E-state index contributed by atoms with van der Waals surface area (Å²) in [6.45, 7) is 6.11. The van der Waals surface area contributed by atoms with Crippen LogP contribution < -0.4 is 5.32 Å². The van der Waals surface area contributed by atoms with Crippen molar-refractivity contribution in [3.8, 4) is 0 Å². The molecule has 8 nitrogen and oxygen atoms in total. The smallest absolute Gasteiger partial charge is 0.273 e. The van der Waals surface area contributed by atoms with Crippen LogP contribution in [-0.4, -0.2) is 36.6 Å². The monoisotopic (exact) mass is 419 g/mol. The molecule has 9 heteroatoms. The van der Waals surface area contributed by atoms with Gasteiger partial charge in [0.15, 0.2) is 0 Å². The van der Waals surface area contributed by atoms with E-state index >= 15 is 0 Å². The number of sulfonamides is 1. The molecule has 0 saturated heterocycles. The lowest BCUT2D eigenvalue weighted by atomic mass is 10.1. The maximum atomic E-state index is 12.5. The van der Waals surface area contributed by atoms with Gasteiger partial charge < -0.3 is 5.32 Å². The maximum Gasteiger partial charge on any atom is 0.273 e. The van der Waals surface area contributed by atoms with Crippen molar-refractivity contribution in [1.29, 1.82) is 0 Å². The van der Waals surface area contributed by atoms with Gasteiger partial charge in [0.25, 0.3) is 5.69 Å². The number of nitro benzene ring substituents is 1. The van der Waals surface area contributed by atoms with Crippen molar-refractivity contribution in [3.05, 3.63) is 69.8 Å². The standard InChI is InChI=1S/C20H25N3O5S/c1-4-22(5-2)29(27,28)18-12-10-16(11-13-18)15(3)21-20(24)14-17-8-6-7-9-19(17)23(25)26/h6-13,15H,4-5,14H2,1-3H3,(H,21,24).